The summed E-state index contributed by atoms with van der Waals surface area (Å²) in [7, 11) is 0. The van der Waals surface area contributed by atoms with Crippen LogP contribution in [-0.4, -0.2) is 15.3 Å². The van der Waals surface area contributed by atoms with E-state index in [2.05, 4.69) is 68.9 Å². The third kappa shape index (κ3) is 4.31. The normalized spacial score (nSPS) is 13.8. The van der Waals surface area contributed by atoms with E-state index in [1.807, 2.05) is 0 Å². The molecule has 3 nitrogen and oxygen atoms in total. The average molecular weight is 287 g/mol. The Bertz CT molecular complexity index is 578. The molecule has 0 fully saturated rings. The SMILES string of the molecule is CCCC(C)Cn1nc(CNC(C)(C)C)c2ccccc21. The predicted molar refractivity (Wildman–Crippen MR) is 90.4 cm³/mol. The van der Waals surface area contributed by atoms with Gasteiger partial charge in [0.2, 0.25) is 0 Å². The highest BCUT2D eigenvalue weighted by atomic mass is 15.3. The van der Waals surface area contributed by atoms with Crippen LogP contribution in [0.2, 0.25) is 0 Å². The molecule has 0 aliphatic carbocycles. The molecule has 1 N–H and O–H groups in total. The summed E-state index contributed by atoms with van der Waals surface area (Å²) in [6.07, 6.45) is 2.49. The van der Waals surface area contributed by atoms with Gasteiger partial charge < -0.3 is 5.32 Å². The third-order valence-corrected chi connectivity index (χ3v) is 3.79. The maximum Gasteiger partial charge on any atom is 0.0841 e. The summed E-state index contributed by atoms with van der Waals surface area (Å²) in [5.41, 5.74) is 2.52. The number of nitrogens with zero attached hydrogens (tertiary/aromatic N) is 2. The second-order valence-electron chi connectivity index (χ2n) is 7.14. The van der Waals surface area contributed by atoms with Crippen molar-refractivity contribution in [3.05, 3.63) is 30.0 Å². The Morgan fingerprint density at radius 1 is 1.24 bits per heavy atom. The smallest absolute Gasteiger partial charge is 0.0841 e. The van der Waals surface area contributed by atoms with Crippen molar-refractivity contribution in [3.63, 3.8) is 0 Å². The molecule has 21 heavy (non-hydrogen) atoms. The molecular formula is C18H29N3. The molecule has 3 heteroatoms. The van der Waals surface area contributed by atoms with Crippen molar-refractivity contribution in [3.8, 4) is 0 Å². The summed E-state index contributed by atoms with van der Waals surface area (Å²) in [5, 5.41) is 9.69. The molecular weight excluding hydrogens is 258 g/mol. The number of hydrogen-bond donors (Lipinski definition) is 1. The minimum atomic E-state index is 0.111. The molecule has 2 aromatic rings. The number of rotatable bonds is 6. The van der Waals surface area contributed by atoms with Crippen LogP contribution in [0.4, 0.5) is 0 Å². The molecule has 116 valence electrons. The summed E-state index contributed by atoms with van der Waals surface area (Å²) >= 11 is 0. The molecule has 0 saturated heterocycles. The quantitative estimate of drug-likeness (QED) is 0.855. The molecule has 1 unspecified atom stereocenters. The standard InChI is InChI=1S/C18H29N3/c1-6-9-14(2)13-21-17-11-8-7-10-15(17)16(20-21)12-19-18(3,4)5/h7-8,10-11,14,19H,6,9,12-13H2,1-5H3. The van der Waals surface area contributed by atoms with Crippen LogP contribution >= 0.6 is 0 Å². The van der Waals surface area contributed by atoms with Gasteiger partial charge in [-0.3, -0.25) is 4.68 Å². The van der Waals surface area contributed by atoms with Crippen molar-refractivity contribution >= 4 is 10.9 Å². The summed E-state index contributed by atoms with van der Waals surface area (Å²) in [5.74, 6) is 0.668. The lowest BCUT2D eigenvalue weighted by Gasteiger charge is -2.19. The molecule has 1 atom stereocenters. The van der Waals surface area contributed by atoms with Gasteiger partial charge in [0.25, 0.3) is 0 Å². The molecule has 2 rings (SSSR count). The van der Waals surface area contributed by atoms with E-state index in [0.717, 1.165) is 18.8 Å². The summed E-state index contributed by atoms with van der Waals surface area (Å²) < 4.78 is 2.19. The van der Waals surface area contributed by atoms with E-state index in [0.29, 0.717) is 5.92 Å². The van der Waals surface area contributed by atoms with E-state index in [1.165, 1.54) is 23.7 Å². The Labute approximate surface area is 128 Å². The fourth-order valence-corrected chi connectivity index (χ4v) is 2.69. The zero-order chi connectivity index (χ0) is 15.5. The lowest BCUT2D eigenvalue weighted by atomic mass is 10.1. The topological polar surface area (TPSA) is 29.9 Å². The van der Waals surface area contributed by atoms with Gasteiger partial charge >= 0.3 is 0 Å². The highest BCUT2D eigenvalue weighted by molar-refractivity contribution is 5.81. The van der Waals surface area contributed by atoms with Gasteiger partial charge in [0.1, 0.15) is 0 Å². The zero-order valence-corrected chi connectivity index (χ0v) is 14.1. The molecule has 0 aliphatic rings. The fourth-order valence-electron chi connectivity index (χ4n) is 2.69. The van der Waals surface area contributed by atoms with Gasteiger partial charge in [-0.05, 0) is 39.2 Å². The van der Waals surface area contributed by atoms with Gasteiger partial charge in [-0.15, -0.1) is 0 Å². The van der Waals surface area contributed by atoms with Crippen molar-refractivity contribution in [1.29, 1.82) is 0 Å². The van der Waals surface area contributed by atoms with E-state index in [1.54, 1.807) is 0 Å². The van der Waals surface area contributed by atoms with E-state index < -0.39 is 0 Å². The van der Waals surface area contributed by atoms with E-state index >= 15 is 0 Å². The van der Waals surface area contributed by atoms with Crippen LogP contribution in [0.25, 0.3) is 10.9 Å². The molecule has 0 bridgehead atoms. The van der Waals surface area contributed by atoms with Crippen LogP contribution in [0.3, 0.4) is 0 Å². The van der Waals surface area contributed by atoms with Crippen LogP contribution < -0.4 is 5.32 Å². The molecule has 1 aromatic carbocycles. The first-order chi connectivity index (χ1) is 9.90. The van der Waals surface area contributed by atoms with Gasteiger partial charge in [-0.25, -0.2) is 0 Å². The average Bonchev–Trinajstić information content (AvgIpc) is 2.75. The van der Waals surface area contributed by atoms with Crippen molar-refractivity contribution in [1.82, 2.24) is 15.1 Å². The lowest BCUT2D eigenvalue weighted by Crippen LogP contribution is -2.35. The van der Waals surface area contributed by atoms with Crippen molar-refractivity contribution in [2.45, 2.75) is 66.1 Å². The minimum absolute atomic E-state index is 0.111. The van der Waals surface area contributed by atoms with Gasteiger partial charge in [-0.1, -0.05) is 38.5 Å². The Balaban J connectivity index is 2.26. The van der Waals surface area contributed by atoms with Crippen LogP contribution in [0.1, 0.15) is 53.2 Å². The summed E-state index contributed by atoms with van der Waals surface area (Å²) in [4.78, 5) is 0. The zero-order valence-electron chi connectivity index (χ0n) is 14.1. The largest absolute Gasteiger partial charge is 0.306 e. The Morgan fingerprint density at radius 3 is 2.62 bits per heavy atom. The van der Waals surface area contributed by atoms with Gasteiger partial charge in [0, 0.05) is 24.0 Å². The first-order valence-electron chi connectivity index (χ1n) is 8.10. The molecule has 1 aromatic heterocycles. The molecule has 0 saturated carbocycles. The number of hydrogen-bond acceptors (Lipinski definition) is 2. The van der Waals surface area contributed by atoms with Gasteiger partial charge in [0.05, 0.1) is 11.2 Å². The molecule has 1 heterocycles. The fraction of sp³-hybridized carbons (Fsp3) is 0.611. The maximum absolute atomic E-state index is 4.87. The first-order valence-corrected chi connectivity index (χ1v) is 8.10. The Hall–Kier alpha value is -1.35. The highest BCUT2D eigenvalue weighted by Gasteiger charge is 2.15. The highest BCUT2D eigenvalue weighted by Crippen LogP contribution is 2.21. The van der Waals surface area contributed by atoms with Crippen LogP contribution in [0, 0.1) is 5.92 Å². The molecule has 0 aliphatic heterocycles. The second kappa shape index (κ2) is 6.61. The number of aromatic nitrogens is 2. The minimum Gasteiger partial charge on any atom is -0.306 e. The van der Waals surface area contributed by atoms with Crippen molar-refractivity contribution in [2.24, 2.45) is 5.92 Å². The van der Waals surface area contributed by atoms with E-state index in [4.69, 9.17) is 5.10 Å². The first kappa shape index (κ1) is 16.0. The summed E-state index contributed by atoms with van der Waals surface area (Å²) in [6.45, 7) is 13.0. The van der Waals surface area contributed by atoms with E-state index in [9.17, 15) is 0 Å². The molecule has 0 amide bonds. The van der Waals surface area contributed by atoms with Crippen molar-refractivity contribution < 1.29 is 0 Å². The summed E-state index contributed by atoms with van der Waals surface area (Å²) in [6, 6.07) is 8.57. The van der Waals surface area contributed by atoms with Gasteiger partial charge in [0.15, 0.2) is 0 Å². The number of nitrogens with one attached hydrogen (secondary N) is 1. The molecule has 0 spiro atoms. The number of benzene rings is 1. The van der Waals surface area contributed by atoms with Crippen LogP contribution in [0.5, 0.6) is 0 Å². The number of fused-ring (bicyclic) bond motifs is 1. The van der Waals surface area contributed by atoms with Gasteiger partial charge in [-0.2, -0.15) is 5.10 Å². The lowest BCUT2D eigenvalue weighted by molar-refractivity contribution is 0.408. The van der Waals surface area contributed by atoms with E-state index in [-0.39, 0.29) is 5.54 Å². The Morgan fingerprint density at radius 2 is 1.95 bits per heavy atom. The maximum atomic E-state index is 4.87. The second-order valence-corrected chi connectivity index (χ2v) is 7.14. The predicted octanol–water partition coefficient (Wildman–Crippen LogP) is 4.36. The monoisotopic (exact) mass is 287 g/mol. The Kier molecular flexibility index (Phi) is 5.04. The third-order valence-electron chi connectivity index (χ3n) is 3.79. The van der Waals surface area contributed by atoms with Crippen molar-refractivity contribution in [2.75, 3.05) is 0 Å². The van der Waals surface area contributed by atoms with Crippen LogP contribution in [0.15, 0.2) is 24.3 Å². The van der Waals surface area contributed by atoms with Crippen LogP contribution in [-0.2, 0) is 13.1 Å². The molecule has 0 radical (unpaired) electrons. The number of para-hydroxylation sites is 1.